The summed E-state index contributed by atoms with van der Waals surface area (Å²) in [5.74, 6) is 8.13. The van der Waals surface area contributed by atoms with E-state index in [1.54, 1.807) is 20.4 Å². The number of benzene rings is 2. The number of amidine groups is 1. The second kappa shape index (κ2) is 12.1. The highest BCUT2D eigenvalue weighted by Gasteiger charge is 2.33. The third-order valence-electron chi connectivity index (χ3n) is 6.40. The quantitative estimate of drug-likeness (QED) is 0.165. The third-order valence-corrected chi connectivity index (χ3v) is 6.40. The van der Waals surface area contributed by atoms with Crippen LogP contribution in [0.15, 0.2) is 88.3 Å². The van der Waals surface area contributed by atoms with Gasteiger partial charge in [-0.15, -0.1) is 5.11 Å². The predicted molar refractivity (Wildman–Crippen MR) is 137 cm³/mol. The SMILES string of the molecule is COc1cccc(C(/C(N=NCc2ccccn2)=N/N)N2CCC(c3ccccc3)CC2)c1OC. The van der Waals surface area contributed by atoms with Gasteiger partial charge >= 0.3 is 0 Å². The Balaban J connectivity index is 1.62. The van der Waals surface area contributed by atoms with Gasteiger partial charge < -0.3 is 15.3 Å². The first-order valence-corrected chi connectivity index (χ1v) is 11.8. The molecule has 0 saturated carbocycles. The normalized spacial score (nSPS) is 16.3. The number of aromatic nitrogens is 1. The molecule has 4 rings (SSSR count). The van der Waals surface area contributed by atoms with E-state index in [0.717, 1.165) is 37.2 Å². The van der Waals surface area contributed by atoms with Gasteiger partial charge in [0.15, 0.2) is 17.3 Å². The van der Waals surface area contributed by atoms with Crippen molar-refractivity contribution in [1.29, 1.82) is 0 Å². The number of piperidine rings is 1. The predicted octanol–water partition coefficient (Wildman–Crippen LogP) is 4.94. The van der Waals surface area contributed by atoms with E-state index in [1.165, 1.54) is 5.56 Å². The van der Waals surface area contributed by atoms with Gasteiger partial charge in [-0.3, -0.25) is 9.88 Å². The summed E-state index contributed by atoms with van der Waals surface area (Å²) in [7, 11) is 3.27. The third kappa shape index (κ3) is 5.84. The van der Waals surface area contributed by atoms with Crippen molar-refractivity contribution in [3.05, 3.63) is 89.7 Å². The number of likely N-dealkylation sites (tertiary alicyclic amines) is 1. The molecule has 1 atom stereocenters. The number of hydrazone groups is 1. The van der Waals surface area contributed by atoms with Crippen molar-refractivity contribution >= 4 is 5.84 Å². The van der Waals surface area contributed by atoms with Crippen LogP contribution in [0.5, 0.6) is 11.5 Å². The number of nitrogens with two attached hydrogens (primary N) is 1. The molecule has 0 aliphatic carbocycles. The molecule has 0 radical (unpaired) electrons. The maximum absolute atomic E-state index is 5.90. The lowest BCUT2D eigenvalue weighted by molar-refractivity contribution is 0.184. The molecule has 182 valence electrons. The first-order valence-electron chi connectivity index (χ1n) is 11.8. The number of hydrogen-bond donors (Lipinski definition) is 1. The molecule has 8 heteroatoms. The van der Waals surface area contributed by atoms with E-state index < -0.39 is 0 Å². The van der Waals surface area contributed by atoms with Crippen LogP contribution in [0.4, 0.5) is 0 Å². The highest BCUT2D eigenvalue weighted by Crippen LogP contribution is 2.40. The fourth-order valence-corrected chi connectivity index (χ4v) is 4.67. The molecule has 1 aliphatic rings. The molecule has 2 aromatic carbocycles. The van der Waals surface area contributed by atoms with Gasteiger partial charge in [0.05, 0.1) is 19.9 Å². The summed E-state index contributed by atoms with van der Waals surface area (Å²) in [5, 5.41) is 12.9. The number of nitrogens with zero attached hydrogens (tertiary/aromatic N) is 5. The van der Waals surface area contributed by atoms with Crippen LogP contribution in [0, 0.1) is 0 Å². The fourth-order valence-electron chi connectivity index (χ4n) is 4.67. The Labute approximate surface area is 206 Å². The monoisotopic (exact) mass is 472 g/mol. The zero-order valence-electron chi connectivity index (χ0n) is 20.2. The minimum absolute atomic E-state index is 0.325. The van der Waals surface area contributed by atoms with E-state index in [0.29, 0.717) is 29.8 Å². The molecule has 0 bridgehead atoms. The molecular formula is C27H32N6O2. The molecule has 1 saturated heterocycles. The second-order valence-electron chi connectivity index (χ2n) is 8.41. The number of pyridine rings is 1. The van der Waals surface area contributed by atoms with Crippen LogP contribution in [0.3, 0.4) is 0 Å². The molecule has 1 fully saturated rings. The van der Waals surface area contributed by atoms with Gasteiger partial charge in [-0.05, 0) is 55.6 Å². The summed E-state index contributed by atoms with van der Waals surface area (Å²) in [6.45, 7) is 2.07. The van der Waals surface area contributed by atoms with Gasteiger partial charge in [0, 0.05) is 11.8 Å². The van der Waals surface area contributed by atoms with Gasteiger partial charge in [0.2, 0.25) is 0 Å². The van der Waals surface area contributed by atoms with Gasteiger partial charge in [0.1, 0.15) is 12.6 Å². The number of rotatable bonds is 8. The van der Waals surface area contributed by atoms with Crippen LogP contribution >= 0.6 is 0 Å². The Hall–Kier alpha value is -3.78. The highest BCUT2D eigenvalue weighted by molar-refractivity contribution is 5.89. The molecule has 8 nitrogen and oxygen atoms in total. The highest BCUT2D eigenvalue weighted by atomic mass is 16.5. The van der Waals surface area contributed by atoms with Crippen molar-refractivity contribution in [2.45, 2.75) is 31.3 Å². The summed E-state index contributed by atoms with van der Waals surface area (Å²) in [4.78, 5) is 6.66. The Kier molecular flexibility index (Phi) is 8.40. The molecule has 1 aromatic heterocycles. The fraction of sp³-hybridized carbons (Fsp3) is 0.333. The van der Waals surface area contributed by atoms with E-state index in [1.807, 2.05) is 36.4 Å². The average Bonchev–Trinajstić information content (AvgIpc) is 2.93. The Morgan fingerprint density at radius 2 is 1.77 bits per heavy atom. The van der Waals surface area contributed by atoms with Crippen LogP contribution in [-0.2, 0) is 6.54 Å². The van der Waals surface area contributed by atoms with Gasteiger partial charge in [-0.1, -0.05) is 48.5 Å². The van der Waals surface area contributed by atoms with Crippen molar-refractivity contribution in [2.75, 3.05) is 27.3 Å². The molecule has 3 aromatic rings. The van der Waals surface area contributed by atoms with Crippen molar-refractivity contribution in [3.63, 3.8) is 0 Å². The number of ether oxygens (including phenoxy) is 2. The first kappa shape index (κ1) is 24.3. The molecule has 35 heavy (non-hydrogen) atoms. The lowest BCUT2D eigenvalue weighted by Crippen LogP contribution is -2.39. The molecule has 2 heterocycles. The van der Waals surface area contributed by atoms with Crippen LogP contribution < -0.4 is 15.3 Å². The minimum Gasteiger partial charge on any atom is -0.493 e. The number of azo groups is 1. The van der Waals surface area contributed by atoms with E-state index in [-0.39, 0.29) is 6.04 Å². The van der Waals surface area contributed by atoms with Crippen LogP contribution in [0.25, 0.3) is 0 Å². The van der Waals surface area contributed by atoms with Gasteiger partial charge in [-0.25, -0.2) is 0 Å². The maximum atomic E-state index is 5.90. The van der Waals surface area contributed by atoms with E-state index in [9.17, 15) is 0 Å². The summed E-state index contributed by atoms with van der Waals surface area (Å²) in [6, 6.07) is 21.9. The van der Waals surface area contributed by atoms with Crippen molar-refractivity contribution in [3.8, 4) is 11.5 Å². The van der Waals surface area contributed by atoms with Crippen LogP contribution in [-0.4, -0.2) is 43.0 Å². The largest absolute Gasteiger partial charge is 0.493 e. The minimum atomic E-state index is -0.325. The lowest BCUT2D eigenvalue weighted by Gasteiger charge is -2.37. The van der Waals surface area contributed by atoms with E-state index in [4.69, 9.17) is 15.3 Å². The topological polar surface area (TPSA) is 97.7 Å². The van der Waals surface area contributed by atoms with E-state index in [2.05, 4.69) is 55.5 Å². The van der Waals surface area contributed by atoms with Crippen molar-refractivity contribution in [2.24, 2.45) is 21.2 Å². The second-order valence-corrected chi connectivity index (χ2v) is 8.41. The Morgan fingerprint density at radius 1 is 1.00 bits per heavy atom. The summed E-state index contributed by atoms with van der Waals surface area (Å²) in [5.41, 5.74) is 3.10. The zero-order chi connectivity index (χ0) is 24.5. The number of methoxy groups -OCH3 is 2. The van der Waals surface area contributed by atoms with Crippen molar-refractivity contribution in [1.82, 2.24) is 9.88 Å². The van der Waals surface area contributed by atoms with Gasteiger partial charge in [0.25, 0.3) is 0 Å². The number of hydrogen-bond acceptors (Lipinski definition) is 7. The van der Waals surface area contributed by atoms with E-state index >= 15 is 0 Å². The average molecular weight is 473 g/mol. The lowest BCUT2D eigenvalue weighted by atomic mass is 9.88. The van der Waals surface area contributed by atoms with Gasteiger partial charge in [-0.2, -0.15) is 10.2 Å². The smallest absolute Gasteiger partial charge is 0.191 e. The molecule has 0 spiro atoms. The number of para-hydroxylation sites is 1. The molecule has 1 aliphatic heterocycles. The zero-order valence-corrected chi connectivity index (χ0v) is 20.2. The summed E-state index contributed by atoms with van der Waals surface area (Å²) in [6.07, 6.45) is 3.79. The molecule has 1 unspecified atom stereocenters. The standard InChI is InChI=1S/C27H32N6O2/c1-34-24-13-8-12-23(26(24)35-2)25(27(31-28)32-30-19-22-11-6-7-16-29-22)33-17-14-21(15-18-33)20-9-4-3-5-10-20/h3-13,16,21,25H,14-15,17-19,28H2,1-2H3/b31-27-,32-30?. The molecule has 0 amide bonds. The Morgan fingerprint density at radius 3 is 2.43 bits per heavy atom. The first-order chi connectivity index (χ1) is 17.2. The Bertz CT molecular complexity index is 1130. The molecule has 2 N–H and O–H groups in total. The summed E-state index contributed by atoms with van der Waals surface area (Å²) < 4.78 is 11.3. The van der Waals surface area contributed by atoms with Crippen molar-refractivity contribution < 1.29 is 9.47 Å². The summed E-state index contributed by atoms with van der Waals surface area (Å²) >= 11 is 0. The van der Waals surface area contributed by atoms with Crippen LogP contribution in [0.2, 0.25) is 0 Å². The maximum Gasteiger partial charge on any atom is 0.191 e. The van der Waals surface area contributed by atoms with Crippen LogP contribution in [0.1, 0.15) is 41.6 Å². The molecular weight excluding hydrogens is 440 g/mol.